The van der Waals surface area contributed by atoms with Gasteiger partial charge in [0.05, 0.1) is 24.7 Å². The second kappa shape index (κ2) is 15.6. The Morgan fingerprint density at radius 1 is 0.607 bits per heavy atom. The molecule has 28 heavy (non-hydrogen) atoms. The SMILES string of the molecule is CCCCC(CC)CS(=O)(=O)OCCCCOS(=O)(=O)CC(CC)CCCC. The van der Waals surface area contributed by atoms with E-state index in [0.29, 0.717) is 12.8 Å². The summed E-state index contributed by atoms with van der Waals surface area (Å²) in [6.45, 7) is 8.33. The molecular formula is C20H42O6S2. The maximum absolute atomic E-state index is 12.0. The van der Waals surface area contributed by atoms with E-state index in [4.69, 9.17) is 8.37 Å². The fourth-order valence-corrected chi connectivity index (χ4v) is 5.94. The van der Waals surface area contributed by atoms with Gasteiger partial charge >= 0.3 is 0 Å². The quantitative estimate of drug-likeness (QED) is 0.209. The number of hydrogen-bond donors (Lipinski definition) is 0. The van der Waals surface area contributed by atoms with Crippen LogP contribution in [0.1, 0.15) is 91.9 Å². The average Bonchev–Trinajstić information content (AvgIpc) is 2.64. The van der Waals surface area contributed by atoms with Gasteiger partial charge in [0.15, 0.2) is 0 Å². The van der Waals surface area contributed by atoms with Gasteiger partial charge in [-0.2, -0.15) is 16.8 Å². The Morgan fingerprint density at radius 3 is 1.25 bits per heavy atom. The highest BCUT2D eigenvalue weighted by Crippen LogP contribution is 2.17. The van der Waals surface area contributed by atoms with Gasteiger partial charge in [-0.3, -0.25) is 8.37 Å². The van der Waals surface area contributed by atoms with Crippen LogP contribution >= 0.6 is 0 Å². The van der Waals surface area contributed by atoms with Gasteiger partial charge < -0.3 is 0 Å². The molecule has 0 radical (unpaired) electrons. The van der Waals surface area contributed by atoms with E-state index in [1.165, 1.54) is 0 Å². The first-order chi connectivity index (χ1) is 13.2. The van der Waals surface area contributed by atoms with Crippen LogP contribution < -0.4 is 0 Å². The summed E-state index contributed by atoms with van der Waals surface area (Å²) in [4.78, 5) is 0. The Hall–Kier alpha value is -0.180. The van der Waals surface area contributed by atoms with Crippen LogP contribution in [-0.4, -0.2) is 41.6 Å². The Labute approximate surface area is 174 Å². The summed E-state index contributed by atoms with van der Waals surface area (Å²) in [7, 11) is -7.05. The van der Waals surface area contributed by atoms with Crippen molar-refractivity contribution in [2.45, 2.75) is 91.9 Å². The molecule has 0 aliphatic rings. The molecule has 0 bridgehead atoms. The maximum atomic E-state index is 12.0. The zero-order valence-corrected chi connectivity index (χ0v) is 20.0. The molecule has 0 aromatic heterocycles. The molecule has 170 valence electrons. The molecule has 8 heteroatoms. The number of unbranched alkanes of at least 4 members (excludes halogenated alkanes) is 3. The average molecular weight is 443 g/mol. The summed E-state index contributed by atoms with van der Waals surface area (Å²) in [6, 6.07) is 0. The fraction of sp³-hybridized carbons (Fsp3) is 1.00. The van der Waals surface area contributed by atoms with E-state index in [2.05, 4.69) is 13.8 Å². The molecule has 0 N–H and O–H groups in total. The number of hydrogen-bond acceptors (Lipinski definition) is 6. The summed E-state index contributed by atoms with van der Waals surface area (Å²) in [5.74, 6) is 0.394. The zero-order chi connectivity index (χ0) is 21.5. The minimum Gasteiger partial charge on any atom is -0.270 e. The minimum atomic E-state index is -3.53. The van der Waals surface area contributed by atoms with Crippen molar-refractivity contribution in [1.82, 2.24) is 0 Å². The molecule has 0 fully saturated rings. The van der Waals surface area contributed by atoms with Crippen LogP contribution in [0.25, 0.3) is 0 Å². The van der Waals surface area contributed by atoms with Gasteiger partial charge in [0.1, 0.15) is 0 Å². The van der Waals surface area contributed by atoms with Gasteiger partial charge in [0, 0.05) is 0 Å². The highest BCUT2D eigenvalue weighted by molar-refractivity contribution is 7.86. The lowest BCUT2D eigenvalue weighted by Gasteiger charge is -2.15. The molecule has 2 unspecified atom stereocenters. The highest BCUT2D eigenvalue weighted by Gasteiger charge is 2.20. The van der Waals surface area contributed by atoms with Gasteiger partial charge in [0.25, 0.3) is 20.2 Å². The Morgan fingerprint density at radius 2 is 0.964 bits per heavy atom. The van der Waals surface area contributed by atoms with E-state index in [1.807, 2.05) is 13.8 Å². The molecule has 0 heterocycles. The third-order valence-corrected chi connectivity index (χ3v) is 7.84. The predicted molar refractivity (Wildman–Crippen MR) is 115 cm³/mol. The summed E-state index contributed by atoms with van der Waals surface area (Å²) in [6.07, 6.45) is 8.51. The largest absolute Gasteiger partial charge is 0.270 e. The van der Waals surface area contributed by atoms with Crippen molar-refractivity contribution < 1.29 is 25.2 Å². The first-order valence-electron chi connectivity index (χ1n) is 10.9. The molecular weight excluding hydrogens is 400 g/mol. The lowest BCUT2D eigenvalue weighted by atomic mass is 10.0. The molecule has 0 rings (SSSR count). The van der Waals surface area contributed by atoms with Gasteiger partial charge in [-0.25, -0.2) is 0 Å². The van der Waals surface area contributed by atoms with E-state index >= 15 is 0 Å². The van der Waals surface area contributed by atoms with Gasteiger partial charge in [-0.1, -0.05) is 66.2 Å². The molecule has 0 saturated heterocycles. The molecule has 6 nitrogen and oxygen atoms in total. The molecule has 0 saturated carbocycles. The van der Waals surface area contributed by atoms with Gasteiger partial charge in [0.2, 0.25) is 0 Å². The summed E-state index contributed by atoms with van der Waals surface area (Å²) in [5, 5.41) is 0. The third-order valence-electron chi connectivity index (χ3n) is 5.03. The predicted octanol–water partition coefficient (Wildman–Crippen LogP) is 4.89. The molecule has 0 amide bonds. The van der Waals surface area contributed by atoms with E-state index in [9.17, 15) is 16.8 Å². The van der Waals surface area contributed by atoms with Gasteiger partial charge in [-0.05, 0) is 37.5 Å². The van der Waals surface area contributed by atoms with Crippen molar-refractivity contribution in [2.75, 3.05) is 24.7 Å². The smallest absolute Gasteiger partial charge is 0.267 e. The second-order valence-corrected chi connectivity index (χ2v) is 11.0. The molecule has 0 aromatic carbocycles. The van der Waals surface area contributed by atoms with Crippen molar-refractivity contribution in [1.29, 1.82) is 0 Å². The van der Waals surface area contributed by atoms with Crippen LogP contribution in [0.5, 0.6) is 0 Å². The standard InChI is InChI=1S/C20H42O6S2/c1-5-9-13-19(7-3)17-27(21,22)25-15-11-12-16-26-28(23,24)18-20(8-4)14-10-6-2/h19-20H,5-18H2,1-4H3. The monoisotopic (exact) mass is 442 g/mol. The van der Waals surface area contributed by atoms with Crippen molar-refractivity contribution in [2.24, 2.45) is 11.8 Å². The Kier molecular flexibility index (Phi) is 15.5. The van der Waals surface area contributed by atoms with Crippen molar-refractivity contribution in [3.05, 3.63) is 0 Å². The first-order valence-corrected chi connectivity index (χ1v) is 14.1. The number of rotatable bonds is 19. The van der Waals surface area contributed by atoms with Crippen LogP contribution in [0.3, 0.4) is 0 Å². The van der Waals surface area contributed by atoms with E-state index < -0.39 is 20.2 Å². The Balaban J connectivity index is 4.08. The molecule has 0 aromatic rings. The van der Waals surface area contributed by atoms with Crippen molar-refractivity contribution in [3.63, 3.8) is 0 Å². The molecule has 2 atom stereocenters. The van der Waals surface area contributed by atoms with Crippen LogP contribution in [-0.2, 0) is 28.6 Å². The van der Waals surface area contributed by atoms with E-state index in [-0.39, 0.29) is 36.6 Å². The van der Waals surface area contributed by atoms with Crippen LogP contribution in [0, 0.1) is 11.8 Å². The lowest BCUT2D eigenvalue weighted by molar-refractivity contribution is 0.266. The van der Waals surface area contributed by atoms with Crippen LogP contribution in [0.4, 0.5) is 0 Å². The fourth-order valence-electron chi connectivity index (χ4n) is 3.05. The normalized spacial score (nSPS) is 14.9. The molecule has 0 aliphatic heterocycles. The second-order valence-electron chi connectivity index (χ2n) is 7.63. The van der Waals surface area contributed by atoms with E-state index in [1.54, 1.807) is 0 Å². The minimum absolute atomic E-state index is 0.0601. The third kappa shape index (κ3) is 14.8. The van der Waals surface area contributed by atoms with Crippen molar-refractivity contribution >= 4 is 20.2 Å². The first kappa shape index (κ1) is 27.8. The highest BCUT2D eigenvalue weighted by atomic mass is 32.2. The van der Waals surface area contributed by atoms with Crippen molar-refractivity contribution in [3.8, 4) is 0 Å². The molecule has 0 aliphatic carbocycles. The maximum Gasteiger partial charge on any atom is 0.267 e. The summed E-state index contributed by atoms with van der Waals surface area (Å²) >= 11 is 0. The topological polar surface area (TPSA) is 86.7 Å². The van der Waals surface area contributed by atoms with Crippen LogP contribution in [0.15, 0.2) is 0 Å². The van der Waals surface area contributed by atoms with Crippen LogP contribution in [0.2, 0.25) is 0 Å². The Bertz CT molecular complexity index is 520. The zero-order valence-electron chi connectivity index (χ0n) is 18.3. The summed E-state index contributed by atoms with van der Waals surface area (Å²) < 4.78 is 58.3. The molecule has 0 spiro atoms. The lowest BCUT2D eigenvalue weighted by Crippen LogP contribution is -2.20. The van der Waals surface area contributed by atoms with E-state index in [0.717, 1.165) is 51.4 Å². The summed E-state index contributed by atoms with van der Waals surface area (Å²) in [5.41, 5.74) is 0. The van der Waals surface area contributed by atoms with Gasteiger partial charge in [-0.15, -0.1) is 0 Å².